The Balaban J connectivity index is 2.56. The van der Waals surface area contributed by atoms with Crippen LogP contribution in [0.3, 0.4) is 0 Å². The van der Waals surface area contributed by atoms with Crippen molar-refractivity contribution < 1.29 is 26.3 Å². The minimum atomic E-state index is -4.69. The summed E-state index contributed by atoms with van der Waals surface area (Å²) in [5, 5.41) is 27.1. The number of hydrogen-bond acceptors (Lipinski definition) is 4. The van der Waals surface area contributed by atoms with E-state index in [1.807, 2.05) is 6.92 Å². The molecule has 0 aliphatic carbocycles. The SMILES string of the molecule is CCCCCN(N=Nc1cc(C(F)(F)F)ccc1C#N)c1cc(C(F)(F)F)ccc1C#N. The maximum absolute atomic E-state index is 13.2. The summed E-state index contributed by atoms with van der Waals surface area (Å²) in [6.07, 6.45) is -7.41. The van der Waals surface area contributed by atoms with Crippen molar-refractivity contribution in [1.82, 2.24) is 0 Å². The Morgan fingerprint density at radius 1 is 0.844 bits per heavy atom. The van der Waals surface area contributed by atoms with Crippen LogP contribution >= 0.6 is 0 Å². The molecule has 32 heavy (non-hydrogen) atoms. The zero-order chi connectivity index (χ0) is 23.9. The molecule has 2 aromatic rings. The van der Waals surface area contributed by atoms with Crippen LogP contribution in [0.25, 0.3) is 0 Å². The Morgan fingerprint density at radius 3 is 1.94 bits per heavy atom. The van der Waals surface area contributed by atoms with E-state index in [4.69, 9.17) is 5.26 Å². The maximum Gasteiger partial charge on any atom is 0.416 e. The zero-order valence-corrected chi connectivity index (χ0v) is 16.8. The van der Waals surface area contributed by atoms with Gasteiger partial charge in [0.1, 0.15) is 17.8 Å². The average Bonchev–Trinajstić information content (AvgIpc) is 2.74. The molecular formula is C21H17F6N5. The molecule has 0 fully saturated rings. The van der Waals surface area contributed by atoms with Crippen molar-refractivity contribution in [2.75, 3.05) is 11.6 Å². The summed E-state index contributed by atoms with van der Waals surface area (Å²) >= 11 is 0. The molecule has 0 amide bonds. The Hall–Kier alpha value is -3.60. The zero-order valence-electron chi connectivity index (χ0n) is 16.8. The van der Waals surface area contributed by atoms with E-state index >= 15 is 0 Å². The van der Waals surface area contributed by atoms with Crippen LogP contribution in [-0.4, -0.2) is 6.54 Å². The predicted molar refractivity (Wildman–Crippen MR) is 104 cm³/mol. The van der Waals surface area contributed by atoms with Gasteiger partial charge >= 0.3 is 12.4 Å². The van der Waals surface area contributed by atoms with Gasteiger partial charge in [-0.1, -0.05) is 25.0 Å². The van der Waals surface area contributed by atoms with E-state index < -0.39 is 29.2 Å². The molecular weight excluding hydrogens is 436 g/mol. The third-order valence-corrected chi connectivity index (χ3v) is 4.40. The summed E-state index contributed by atoms with van der Waals surface area (Å²) in [5.41, 5.74) is -2.96. The van der Waals surface area contributed by atoms with Crippen molar-refractivity contribution in [3.05, 3.63) is 58.7 Å². The fourth-order valence-electron chi connectivity index (χ4n) is 2.73. The maximum atomic E-state index is 13.2. The molecule has 2 rings (SSSR count). The Kier molecular flexibility index (Phi) is 7.82. The molecule has 0 bridgehead atoms. The number of halogens is 6. The summed E-state index contributed by atoms with van der Waals surface area (Å²) in [5.74, 6) is 0. The predicted octanol–water partition coefficient (Wildman–Crippen LogP) is 7.16. The van der Waals surface area contributed by atoms with Gasteiger partial charge in [0.15, 0.2) is 0 Å². The van der Waals surface area contributed by atoms with Crippen LogP contribution in [0.1, 0.15) is 48.4 Å². The van der Waals surface area contributed by atoms with Crippen molar-refractivity contribution >= 4 is 11.4 Å². The van der Waals surface area contributed by atoms with Gasteiger partial charge in [-0.3, -0.25) is 0 Å². The Morgan fingerprint density at radius 2 is 1.41 bits per heavy atom. The second-order valence-electron chi connectivity index (χ2n) is 6.70. The van der Waals surface area contributed by atoms with Gasteiger partial charge < -0.3 is 0 Å². The van der Waals surface area contributed by atoms with Gasteiger partial charge in [-0.2, -0.15) is 36.9 Å². The highest BCUT2D eigenvalue weighted by Crippen LogP contribution is 2.35. The quantitative estimate of drug-likeness (QED) is 0.193. The smallest absolute Gasteiger partial charge is 0.246 e. The molecule has 0 aliphatic heterocycles. The van der Waals surface area contributed by atoms with Gasteiger partial charge in [0.25, 0.3) is 0 Å². The largest absolute Gasteiger partial charge is 0.416 e. The van der Waals surface area contributed by atoms with Crippen LogP contribution in [0.15, 0.2) is 46.7 Å². The number of nitriles is 2. The average molecular weight is 453 g/mol. The highest BCUT2D eigenvalue weighted by Gasteiger charge is 2.32. The molecule has 0 spiro atoms. The highest BCUT2D eigenvalue weighted by atomic mass is 19.4. The van der Waals surface area contributed by atoms with Crippen LogP contribution in [-0.2, 0) is 12.4 Å². The first-order valence-corrected chi connectivity index (χ1v) is 9.43. The number of unbranched alkanes of at least 4 members (excludes halogenated alkanes) is 2. The van der Waals surface area contributed by atoms with E-state index in [1.54, 1.807) is 12.1 Å². The first-order valence-electron chi connectivity index (χ1n) is 9.43. The van der Waals surface area contributed by atoms with Crippen molar-refractivity contribution in [1.29, 1.82) is 10.5 Å². The lowest BCUT2D eigenvalue weighted by Gasteiger charge is -2.20. The fourth-order valence-corrected chi connectivity index (χ4v) is 2.73. The lowest BCUT2D eigenvalue weighted by atomic mass is 10.1. The second kappa shape index (κ2) is 10.1. The number of benzene rings is 2. The molecule has 0 heterocycles. The standard InChI is InChI=1S/C21H17F6N5/c1-2-3-4-9-32(19-11-17(21(25,26)27)8-6-15(19)13-29)31-30-18-10-16(20(22,23)24)7-5-14(18)12-28/h5-8,10-11H,2-4,9H2,1H3. The second-order valence-corrected chi connectivity index (χ2v) is 6.70. The summed E-state index contributed by atoms with van der Waals surface area (Å²) in [6, 6.07) is 8.25. The molecule has 2 aromatic carbocycles. The third-order valence-electron chi connectivity index (χ3n) is 4.40. The molecule has 0 atom stereocenters. The molecule has 0 aliphatic rings. The van der Waals surface area contributed by atoms with E-state index in [9.17, 15) is 31.6 Å². The van der Waals surface area contributed by atoms with E-state index in [0.717, 1.165) is 41.8 Å². The Bertz CT molecular complexity index is 1060. The third kappa shape index (κ3) is 6.20. The van der Waals surface area contributed by atoms with Crippen LogP contribution in [0.5, 0.6) is 0 Å². The van der Waals surface area contributed by atoms with E-state index in [0.29, 0.717) is 18.9 Å². The molecule has 0 N–H and O–H groups in total. The molecule has 11 heteroatoms. The number of hydrogen-bond donors (Lipinski definition) is 0. The lowest BCUT2D eigenvalue weighted by Crippen LogP contribution is -2.19. The lowest BCUT2D eigenvalue weighted by molar-refractivity contribution is -0.138. The summed E-state index contributed by atoms with van der Waals surface area (Å²) < 4.78 is 78.6. The molecule has 0 unspecified atom stereocenters. The number of nitrogens with zero attached hydrogens (tertiary/aromatic N) is 5. The normalized spacial score (nSPS) is 11.9. The van der Waals surface area contributed by atoms with Crippen molar-refractivity contribution in [2.24, 2.45) is 10.3 Å². The molecule has 0 radical (unpaired) electrons. The van der Waals surface area contributed by atoms with Crippen LogP contribution in [0, 0.1) is 22.7 Å². The first-order chi connectivity index (χ1) is 15.0. The highest BCUT2D eigenvalue weighted by molar-refractivity contribution is 5.61. The van der Waals surface area contributed by atoms with Crippen LogP contribution < -0.4 is 5.01 Å². The summed E-state index contributed by atoms with van der Waals surface area (Å²) in [6.45, 7) is 1.97. The van der Waals surface area contributed by atoms with Gasteiger partial charge in [-0.15, -0.1) is 5.11 Å². The van der Waals surface area contributed by atoms with Crippen molar-refractivity contribution in [2.45, 2.75) is 38.5 Å². The number of alkyl halides is 6. The monoisotopic (exact) mass is 453 g/mol. The fraction of sp³-hybridized carbons (Fsp3) is 0.333. The van der Waals surface area contributed by atoms with Gasteiger partial charge in [-0.25, -0.2) is 5.01 Å². The van der Waals surface area contributed by atoms with Gasteiger partial charge in [0.05, 0.1) is 27.9 Å². The number of rotatable bonds is 7. The van der Waals surface area contributed by atoms with Crippen LogP contribution in [0.2, 0.25) is 0 Å². The van der Waals surface area contributed by atoms with Crippen molar-refractivity contribution in [3.8, 4) is 12.1 Å². The van der Waals surface area contributed by atoms with Gasteiger partial charge in [0, 0.05) is 6.54 Å². The van der Waals surface area contributed by atoms with Crippen molar-refractivity contribution in [3.63, 3.8) is 0 Å². The minimum absolute atomic E-state index is 0.0637. The van der Waals surface area contributed by atoms with Gasteiger partial charge in [-0.05, 0) is 42.8 Å². The number of anilines is 1. The summed E-state index contributed by atoms with van der Waals surface area (Å²) in [4.78, 5) is 0. The topological polar surface area (TPSA) is 75.5 Å². The molecule has 0 saturated heterocycles. The molecule has 5 nitrogen and oxygen atoms in total. The Labute approximate surface area is 180 Å². The molecule has 0 aromatic heterocycles. The summed E-state index contributed by atoms with van der Waals surface area (Å²) in [7, 11) is 0. The molecule has 0 saturated carbocycles. The molecule has 168 valence electrons. The van der Waals surface area contributed by atoms with Gasteiger partial charge in [0.2, 0.25) is 0 Å². The van der Waals surface area contributed by atoms with E-state index in [-0.39, 0.29) is 23.4 Å². The first kappa shape index (κ1) is 24.7. The minimum Gasteiger partial charge on any atom is -0.246 e. The van der Waals surface area contributed by atoms with Crippen LogP contribution in [0.4, 0.5) is 37.7 Å². The van der Waals surface area contributed by atoms with E-state index in [2.05, 4.69) is 10.3 Å². The van der Waals surface area contributed by atoms with E-state index in [1.165, 1.54) is 0 Å².